The molecule has 0 spiro atoms. The number of rotatable bonds is 5. The van der Waals surface area contributed by atoms with Crippen LogP contribution in [0.1, 0.15) is 30.0 Å². The van der Waals surface area contributed by atoms with Gasteiger partial charge in [0.05, 0.1) is 33.5 Å². The molecule has 10 aromatic rings. The van der Waals surface area contributed by atoms with E-state index in [1.54, 1.807) is 0 Å². The highest BCUT2D eigenvalue weighted by Crippen LogP contribution is 2.43. The van der Waals surface area contributed by atoms with E-state index in [0.717, 1.165) is 78.7 Å². The van der Waals surface area contributed by atoms with Gasteiger partial charge in [-0.05, 0) is 70.3 Å². The molecular formula is C53H37N3O. The fourth-order valence-corrected chi connectivity index (χ4v) is 8.64. The van der Waals surface area contributed by atoms with Gasteiger partial charge < -0.3 is 8.98 Å². The summed E-state index contributed by atoms with van der Waals surface area (Å²) in [7, 11) is 0. The van der Waals surface area contributed by atoms with Crippen LogP contribution in [-0.4, -0.2) is 16.1 Å². The summed E-state index contributed by atoms with van der Waals surface area (Å²) in [5.74, 6) is 0.820. The lowest BCUT2D eigenvalue weighted by atomic mass is 9.93. The highest BCUT2D eigenvalue weighted by Gasteiger charge is 2.25. The molecule has 1 atom stereocenters. The van der Waals surface area contributed by atoms with Crippen LogP contribution in [0.5, 0.6) is 0 Å². The number of amidine groups is 1. The Hall–Kier alpha value is -7.30. The lowest BCUT2D eigenvalue weighted by Crippen LogP contribution is -2.17. The van der Waals surface area contributed by atoms with Crippen molar-refractivity contribution in [2.75, 3.05) is 0 Å². The number of benzene rings is 8. The Kier molecular flexibility index (Phi) is 7.82. The van der Waals surface area contributed by atoms with Gasteiger partial charge in [0.25, 0.3) is 0 Å². The third kappa shape index (κ3) is 5.60. The summed E-state index contributed by atoms with van der Waals surface area (Å²) in [5.41, 5.74) is 12.4. The zero-order chi connectivity index (χ0) is 37.9. The van der Waals surface area contributed by atoms with Gasteiger partial charge in [-0.15, -0.1) is 0 Å². The smallest absolute Gasteiger partial charge is 0.160 e. The molecule has 0 N–H and O–H groups in total. The Morgan fingerprint density at radius 1 is 0.509 bits per heavy atom. The summed E-state index contributed by atoms with van der Waals surface area (Å²) < 4.78 is 9.05. The molecule has 0 fully saturated rings. The zero-order valence-corrected chi connectivity index (χ0v) is 31.4. The van der Waals surface area contributed by atoms with Gasteiger partial charge in [0, 0.05) is 33.2 Å². The van der Waals surface area contributed by atoms with Crippen molar-refractivity contribution < 1.29 is 4.42 Å². The normalized spacial score (nSPS) is 15.7. The standard InChI is InChI=1S/C53H37N3O/c1-34-24-30-45(54-53(55-51(34)37-16-6-3-7-17-37)38-27-25-36(26-28-38)35-14-4-2-5-15-35)42-29-31-49-50(43-21-11-13-23-48(43)57-49)52(42)56-46-22-12-10-20-41(46)44-32-39-18-8-9-19-40(39)33-47(44)56/h2-23,25-34H,24H2,1H3/b45-30+,54-53?,55-51?. The van der Waals surface area contributed by atoms with Gasteiger partial charge in [-0.25, -0.2) is 9.98 Å². The maximum atomic E-state index is 6.60. The first-order chi connectivity index (χ1) is 28.2. The topological polar surface area (TPSA) is 42.8 Å². The molecule has 8 aromatic carbocycles. The number of aromatic nitrogens is 1. The van der Waals surface area contributed by atoms with Gasteiger partial charge in [-0.3, -0.25) is 0 Å². The minimum Gasteiger partial charge on any atom is -0.456 e. The maximum absolute atomic E-state index is 6.60. The largest absolute Gasteiger partial charge is 0.456 e. The third-order valence-electron chi connectivity index (χ3n) is 11.5. The average Bonchev–Trinajstić information content (AvgIpc) is 3.80. The van der Waals surface area contributed by atoms with E-state index in [0.29, 0.717) is 5.84 Å². The predicted molar refractivity (Wildman–Crippen MR) is 239 cm³/mol. The van der Waals surface area contributed by atoms with E-state index in [2.05, 4.69) is 193 Å². The van der Waals surface area contributed by atoms with Gasteiger partial charge in [-0.2, -0.15) is 0 Å². The molecule has 3 heterocycles. The summed E-state index contributed by atoms with van der Waals surface area (Å²) in [5, 5.41) is 6.96. The molecule has 1 aliphatic rings. The molecule has 270 valence electrons. The van der Waals surface area contributed by atoms with Gasteiger partial charge >= 0.3 is 0 Å². The molecule has 57 heavy (non-hydrogen) atoms. The summed E-state index contributed by atoms with van der Waals surface area (Å²) >= 11 is 0. The van der Waals surface area contributed by atoms with E-state index in [4.69, 9.17) is 14.4 Å². The number of hydrogen-bond acceptors (Lipinski definition) is 3. The molecule has 0 bridgehead atoms. The minimum absolute atomic E-state index is 0.137. The van der Waals surface area contributed by atoms with E-state index >= 15 is 0 Å². The van der Waals surface area contributed by atoms with Crippen LogP contribution in [0.15, 0.2) is 202 Å². The van der Waals surface area contributed by atoms with Crippen molar-refractivity contribution in [2.45, 2.75) is 13.3 Å². The third-order valence-corrected chi connectivity index (χ3v) is 11.5. The molecule has 4 nitrogen and oxygen atoms in total. The molecule has 0 saturated carbocycles. The van der Waals surface area contributed by atoms with Crippen LogP contribution in [0, 0.1) is 5.92 Å². The number of furan rings is 1. The summed E-state index contributed by atoms with van der Waals surface area (Å²) in [6.07, 6.45) is 3.09. The van der Waals surface area contributed by atoms with Crippen molar-refractivity contribution >= 4 is 71.8 Å². The SMILES string of the molecule is CC1C/C=C(\c2ccc3oc4ccccc4c3c2-n2c3ccccc3c3cc4ccccc4cc32)N=C(c2ccc(-c3ccccc3)cc2)N=C1c1ccccc1. The van der Waals surface area contributed by atoms with Gasteiger partial charge in [0.15, 0.2) is 5.84 Å². The van der Waals surface area contributed by atoms with Crippen molar-refractivity contribution in [3.05, 3.63) is 205 Å². The first kappa shape index (κ1) is 33.1. The van der Waals surface area contributed by atoms with Crippen LogP contribution in [-0.2, 0) is 0 Å². The van der Waals surface area contributed by atoms with Crippen LogP contribution in [0.2, 0.25) is 0 Å². The van der Waals surface area contributed by atoms with Gasteiger partial charge in [0.1, 0.15) is 11.2 Å². The van der Waals surface area contributed by atoms with Crippen molar-refractivity contribution in [1.29, 1.82) is 0 Å². The lowest BCUT2D eigenvalue weighted by Gasteiger charge is -2.20. The Bertz CT molecular complexity index is 3260. The molecule has 4 heteroatoms. The van der Waals surface area contributed by atoms with Gasteiger partial charge in [-0.1, -0.05) is 159 Å². The molecule has 0 aliphatic carbocycles. The summed E-state index contributed by atoms with van der Waals surface area (Å²) in [4.78, 5) is 11.1. The molecule has 0 radical (unpaired) electrons. The van der Waals surface area contributed by atoms with Gasteiger partial charge in [0.2, 0.25) is 0 Å². The first-order valence-corrected chi connectivity index (χ1v) is 19.6. The van der Waals surface area contributed by atoms with Crippen molar-refractivity contribution in [3.8, 4) is 16.8 Å². The molecular weight excluding hydrogens is 695 g/mol. The molecule has 11 rings (SSSR count). The first-order valence-electron chi connectivity index (χ1n) is 19.6. The van der Waals surface area contributed by atoms with Crippen molar-refractivity contribution in [1.82, 2.24) is 4.57 Å². The molecule has 0 saturated heterocycles. The van der Waals surface area contributed by atoms with Crippen LogP contribution in [0.4, 0.5) is 0 Å². The monoisotopic (exact) mass is 731 g/mol. The van der Waals surface area contributed by atoms with Crippen molar-refractivity contribution in [2.24, 2.45) is 15.9 Å². The van der Waals surface area contributed by atoms with E-state index in [1.807, 2.05) is 6.07 Å². The fraction of sp³-hybridized carbons (Fsp3) is 0.0566. The average molecular weight is 732 g/mol. The number of fused-ring (bicyclic) bond motifs is 7. The van der Waals surface area contributed by atoms with E-state index in [-0.39, 0.29) is 5.92 Å². The van der Waals surface area contributed by atoms with E-state index in [1.165, 1.54) is 27.1 Å². The molecule has 1 aliphatic heterocycles. The minimum atomic E-state index is 0.137. The maximum Gasteiger partial charge on any atom is 0.160 e. The van der Waals surface area contributed by atoms with E-state index < -0.39 is 0 Å². The number of hydrogen-bond donors (Lipinski definition) is 0. The number of aliphatic imine (C=N–C) groups is 2. The highest BCUT2D eigenvalue weighted by atomic mass is 16.3. The van der Waals surface area contributed by atoms with Crippen LogP contribution < -0.4 is 0 Å². The predicted octanol–water partition coefficient (Wildman–Crippen LogP) is 13.8. The second-order valence-corrected chi connectivity index (χ2v) is 15.0. The fourth-order valence-electron chi connectivity index (χ4n) is 8.64. The second kappa shape index (κ2) is 13.5. The summed E-state index contributed by atoms with van der Waals surface area (Å²) in [6, 6.07) is 64.4. The Morgan fingerprint density at radius 3 is 1.93 bits per heavy atom. The Balaban J connectivity index is 1.21. The molecule has 0 amide bonds. The number of para-hydroxylation sites is 2. The van der Waals surface area contributed by atoms with E-state index in [9.17, 15) is 0 Å². The molecule has 2 aromatic heterocycles. The second-order valence-electron chi connectivity index (χ2n) is 15.0. The Morgan fingerprint density at radius 2 is 1.14 bits per heavy atom. The van der Waals surface area contributed by atoms with Crippen LogP contribution >= 0.6 is 0 Å². The quantitative estimate of drug-likeness (QED) is 0.174. The van der Waals surface area contributed by atoms with Crippen molar-refractivity contribution in [3.63, 3.8) is 0 Å². The molecule has 1 unspecified atom stereocenters. The highest BCUT2D eigenvalue weighted by molar-refractivity contribution is 6.19. The number of nitrogens with zero attached hydrogens (tertiary/aromatic N) is 3. The number of allylic oxidation sites excluding steroid dienone is 1. The summed E-state index contributed by atoms with van der Waals surface area (Å²) in [6.45, 7) is 2.27. The lowest BCUT2D eigenvalue weighted by molar-refractivity contribution is 0.669. The van der Waals surface area contributed by atoms with Crippen LogP contribution in [0.3, 0.4) is 0 Å². The zero-order valence-electron chi connectivity index (χ0n) is 31.4. The Labute approximate surface area is 330 Å². The van der Waals surface area contributed by atoms with Crippen LogP contribution in [0.25, 0.3) is 77.0 Å².